The summed E-state index contributed by atoms with van der Waals surface area (Å²) in [6.07, 6.45) is 2.46. The number of nitrogens with zero attached hydrogens (tertiary/aromatic N) is 2. The van der Waals surface area contributed by atoms with Gasteiger partial charge >= 0.3 is 0 Å². The summed E-state index contributed by atoms with van der Waals surface area (Å²) in [6, 6.07) is 2.03. The highest BCUT2D eigenvalue weighted by Gasteiger charge is 2.05. The van der Waals surface area contributed by atoms with Crippen molar-refractivity contribution in [3.05, 3.63) is 17.8 Å². The Hall–Kier alpha value is -1.34. The second kappa shape index (κ2) is 4.63. The van der Waals surface area contributed by atoms with Crippen LogP contribution in [0.3, 0.4) is 0 Å². The monoisotopic (exact) mass is 179 g/mol. The van der Waals surface area contributed by atoms with E-state index in [9.17, 15) is 0 Å². The minimum absolute atomic E-state index is 0.118. The summed E-state index contributed by atoms with van der Waals surface area (Å²) in [5.41, 5.74) is 0. The zero-order valence-corrected chi connectivity index (χ0v) is 7.87. The molecule has 0 saturated carbocycles. The molecule has 0 fully saturated rings. The predicted octanol–water partition coefficient (Wildman–Crippen LogP) is 1.37. The van der Waals surface area contributed by atoms with Crippen LogP contribution in [0.1, 0.15) is 25.0 Å². The maximum Gasteiger partial charge on any atom is 0.208 e. The van der Waals surface area contributed by atoms with Crippen molar-refractivity contribution in [3.63, 3.8) is 0 Å². The molecule has 13 heavy (non-hydrogen) atoms. The maximum absolute atomic E-state index is 8.65. The standard InChI is InChI=1S/C9H13N3O/c1-3-8(4-10)11-6-9-12-5-7(2)13-9/h5,8,11H,3,6H2,1-2H3. The van der Waals surface area contributed by atoms with Crippen molar-refractivity contribution in [3.8, 4) is 6.07 Å². The third-order valence-electron chi connectivity index (χ3n) is 1.73. The highest BCUT2D eigenvalue weighted by atomic mass is 16.4. The van der Waals surface area contributed by atoms with E-state index in [2.05, 4.69) is 16.4 Å². The lowest BCUT2D eigenvalue weighted by Crippen LogP contribution is -2.26. The second-order valence-electron chi connectivity index (χ2n) is 2.84. The Bertz CT molecular complexity index is 300. The normalized spacial score (nSPS) is 12.4. The molecule has 0 saturated heterocycles. The zero-order chi connectivity index (χ0) is 9.68. The zero-order valence-electron chi connectivity index (χ0n) is 7.87. The molecule has 0 aliphatic rings. The maximum atomic E-state index is 8.65. The lowest BCUT2D eigenvalue weighted by molar-refractivity contribution is 0.437. The first-order chi connectivity index (χ1) is 6.26. The van der Waals surface area contributed by atoms with E-state index in [4.69, 9.17) is 9.68 Å². The Morgan fingerprint density at radius 2 is 2.54 bits per heavy atom. The van der Waals surface area contributed by atoms with Crippen LogP contribution in [0.5, 0.6) is 0 Å². The van der Waals surface area contributed by atoms with Crippen molar-refractivity contribution in [2.75, 3.05) is 0 Å². The summed E-state index contributed by atoms with van der Waals surface area (Å²) in [5, 5.41) is 11.7. The Labute approximate surface area is 77.6 Å². The fourth-order valence-corrected chi connectivity index (χ4v) is 0.975. The van der Waals surface area contributed by atoms with Crippen LogP contribution in [0.2, 0.25) is 0 Å². The van der Waals surface area contributed by atoms with Crippen molar-refractivity contribution in [1.29, 1.82) is 5.26 Å². The molecule has 4 nitrogen and oxygen atoms in total. The van der Waals surface area contributed by atoms with Crippen LogP contribution in [-0.2, 0) is 6.54 Å². The topological polar surface area (TPSA) is 61.9 Å². The van der Waals surface area contributed by atoms with E-state index in [1.807, 2.05) is 13.8 Å². The van der Waals surface area contributed by atoms with E-state index in [0.29, 0.717) is 12.4 Å². The molecule has 0 aromatic carbocycles. The second-order valence-corrected chi connectivity index (χ2v) is 2.84. The summed E-state index contributed by atoms with van der Waals surface area (Å²) in [4.78, 5) is 4.02. The molecule has 70 valence electrons. The van der Waals surface area contributed by atoms with Gasteiger partial charge in [0, 0.05) is 0 Å². The summed E-state index contributed by atoms with van der Waals surface area (Å²) in [7, 11) is 0. The van der Waals surface area contributed by atoms with Crippen molar-refractivity contribution in [1.82, 2.24) is 10.3 Å². The van der Waals surface area contributed by atoms with Crippen LogP contribution >= 0.6 is 0 Å². The molecule has 0 aliphatic heterocycles. The van der Waals surface area contributed by atoms with E-state index in [0.717, 1.165) is 12.2 Å². The van der Waals surface area contributed by atoms with E-state index in [-0.39, 0.29) is 6.04 Å². The average Bonchev–Trinajstić information content (AvgIpc) is 2.53. The van der Waals surface area contributed by atoms with Crippen molar-refractivity contribution in [2.24, 2.45) is 0 Å². The Kier molecular flexibility index (Phi) is 3.47. The van der Waals surface area contributed by atoms with Crippen LogP contribution in [0, 0.1) is 18.3 Å². The molecule has 0 aliphatic carbocycles. The lowest BCUT2D eigenvalue weighted by Gasteiger charge is -2.05. The summed E-state index contributed by atoms with van der Waals surface area (Å²) < 4.78 is 5.24. The molecule has 0 radical (unpaired) electrons. The molecule has 1 aromatic rings. The van der Waals surface area contributed by atoms with E-state index < -0.39 is 0 Å². The van der Waals surface area contributed by atoms with Crippen LogP contribution in [0.4, 0.5) is 0 Å². The summed E-state index contributed by atoms with van der Waals surface area (Å²) in [5.74, 6) is 1.42. The predicted molar refractivity (Wildman–Crippen MR) is 47.8 cm³/mol. The van der Waals surface area contributed by atoms with Gasteiger partial charge in [-0.05, 0) is 13.3 Å². The molecular formula is C9H13N3O. The van der Waals surface area contributed by atoms with Crippen molar-refractivity contribution >= 4 is 0 Å². The Morgan fingerprint density at radius 1 is 1.77 bits per heavy atom. The van der Waals surface area contributed by atoms with Gasteiger partial charge in [-0.1, -0.05) is 6.92 Å². The number of nitriles is 1. The first-order valence-electron chi connectivity index (χ1n) is 4.30. The summed E-state index contributed by atoms with van der Waals surface area (Å²) >= 11 is 0. The molecule has 1 unspecified atom stereocenters. The SMILES string of the molecule is CCC(C#N)NCc1ncc(C)o1. The van der Waals surface area contributed by atoms with Gasteiger partial charge in [0.25, 0.3) is 0 Å². The quantitative estimate of drug-likeness (QED) is 0.758. The van der Waals surface area contributed by atoms with Crippen LogP contribution in [0.25, 0.3) is 0 Å². The highest BCUT2D eigenvalue weighted by Crippen LogP contribution is 2.01. The van der Waals surface area contributed by atoms with Gasteiger partial charge in [0.05, 0.1) is 24.9 Å². The van der Waals surface area contributed by atoms with Gasteiger partial charge in [-0.15, -0.1) is 0 Å². The smallest absolute Gasteiger partial charge is 0.208 e. The molecule has 1 N–H and O–H groups in total. The van der Waals surface area contributed by atoms with Gasteiger partial charge in [-0.3, -0.25) is 5.32 Å². The minimum atomic E-state index is -0.118. The van der Waals surface area contributed by atoms with Gasteiger partial charge in [0.2, 0.25) is 5.89 Å². The third-order valence-corrected chi connectivity index (χ3v) is 1.73. The molecule has 1 rings (SSSR count). The molecule has 1 atom stereocenters. The van der Waals surface area contributed by atoms with Crippen LogP contribution in [0.15, 0.2) is 10.6 Å². The van der Waals surface area contributed by atoms with Gasteiger partial charge in [0.15, 0.2) is 0 Å². The van der Waals surface area contributed by atoms with Gasteiger partial charge in [0.1, 0.15) is 5.76 Å². The number of aryl methyl sites for hydroxylation is 1. The molecule has 1 aromatic heterocycles. The molecule has 0 spiro atoms. The number of hydrogen-bond acceptors (Lipinski definition) is 4. The lowest BCUT2D eigenvalue weighted by atomic mass is 10.2. The minimum Gasteiger partial charge on any atom is -0.445 e. The fraction of sp³-hybridized carbons (Fsp3) is 0.556. The van der Waals surface area contributed by atoms with Crippen LogP contribution in [-0.4, -0.2) is 11.0 Å². The van der Waals surface area contributed by atoms with E-state index >= 15 is 0 Å². The van der Waals surface area contributed by atoms with Crippen molar-refractivity contribution < 1.29 is 4.42 Å². The number of hydrogen-bond donors (Lipinski definition) is 1. The average molecular weight is 179 g/mol. The van der Waals surface area contributed by atoms with Gasteiger partial charge < -0.3 is 4.42 Å². The molecule has 0 amide bonds. The molecule has 0 bridgehead atoms. The van der Waals surface area contributed by atoms with Gasteiger partial charge in [-0.2, -0.15) is 5.26 Å². The largest absolute Gasteiger partial charge is 0.445 e. The molecule has 4 heteroatoms. The number of nitrogens with one attached hydrogen (secondary N) is 1. The first kappa shape index (κ1) is 9.75. The number of aromatic nitrogens is 1. The first-order valence-corrected chi connectivity index (χ1v) is 4.30. The number of oxazole rings is 1. The van der Waals surface area contributed by atoms with Gasteiger partial charge in [-0.25, -0.2) is 4.98 Å². The molecular weight excluding hydrogens is 166 g/mol. The third kappa shape index (κ3) is 2.88. The van der Waals surface area contributed by atoms with Crippen LogP contribution < -0.4 is 5.32 Å². The fourth-order valence-electron chi connectivity index (χ4n) is 0.975. The highest BCUT2D eigenvalue weighted by molar-refractivity contribution is 4.93. The van der Waals surface area contributed by atoms with E-state index in [1.54, 1.807) is 6.20 Å². The molecule has 1 heterocycles. The van der Waals surface area contributed by atoms with Crippen molar-refractivity contribution in [2.45, 2.75) is 32.9 Å². The Balaban J connectivity index is 2.39. The summed E-state index contributed by atoms with van der Waals surface area (Å²) in [6.45, 7) is 4.32. The van der Waals surface area contributed by atoms with E-state index in [1.165, 1.54) is 0 Å². The number of rotatable bonds is 4. The Morgan fingerprint density at radius 3 is 3.00 bits per heavy atom.